The van der Waals surface area contributed by atoms with Gasteiger partial charge in [0.2, 0.25) is 0 Å². The Kier molecular flexibility index (Phi) is 7.82. The molecule has 2 aliphatic rings. The first-order valence-corrected chi connectivity index (χ1v) is 11.5. The molecule has 2 saturated heterocycles. The van der Waals surface area contributed by atoms with Crippen molar-refractivity contribution in [2.75, 3.05) is 13.2 Å². The van der Waals surface area contributed by atoms with Crippen molar-refractivity contribution in [3.8, 4) is 0 Å². The first kappa shape index (κ1) is 25.6. The molecule has 2 aliphatic heterocycles. The van der Waals surface area contributed by atoms with E-state index >= 15 is 0 Å². The molecule has 0 bridgehead atoms. The maximum absolute atomic E-state index is 12.2. The zero-order valence-electron chi connectivity index (χ0n) is 19.7. The van der Waals surface area contributed by atoms with Gasteiger partial charge < -0.3 is 33.9 Å². The Bertz CT molecular complexity index is 967. The van der Waals surface area contributed by atoms with Gasteiger partial charge in [0.25, 0.3) is 5.54 Å². The predicted octanol–water partition coefficient (Wildman–Crippen LogP) is 2.03. The Morgan fingerprint density at radius 3 is 2.11 bits per heavy atom. The molecule has 2 N–H and O–H groups in total. The molecule has 2 heterocycles. The number of benzene rings is 2. The number of nitrogens with zero attached hydrogens (tertiary/aromatic N) is 1. The van der Waals surface area contributed by atoms with Crippen LogP contribution in [0.5, 0.6) is 0 Å². The van der Waals surface area contributed by atoms with Crippen LogP contribution in [0.25, 0.3) is 0 Å². The SMILES string of the molecule is CC1(C)O[C@H]2O[C@H]([C@H](OCc3ccccc3)C(CO)(CO)[N+](=O)[O-])[C@H](OCc3ccccc3)[C@H]2O1. The van der Waals surface area contributed by atoms with Crippen LogP contribution < -0.4 is 0 Å². The van der Waals surface area contributed by atoms with Crippen molar-refractivity contribution in [3.63, 3.8) is 0 Å². The van der Waals surface area contributed by atoms with Gasteiger partial charge in [-0.25, -0.2) is 0 Å². The van der Waals surface area contributed by atoms with Crippen LogP contribution in [0.15, 0.2) is 60.7 Å². The zero-order chi connectivity index (χ0) is 25.1. The number of hydrogen-bond acceptors (Lipinski definition) is 9. The maximum Gasteiger partial charge on any atom is 0.295 e. The highest BCUT2D eigenvalue weighted by Crippen LogP contribution is 2.42. The molecular formula is C25H31NO9. The van der Waals surface area contributed by atoms with Gasteiger partial charge in [-0.15, -0.1) is 0 Å². The van der Waals surface area contributed by atoms with Crippen molar-refractivity contribution >= 4 is 0 Å². The van der Waals surface area contributed by atoms with E-state index in [-0.39, 0.29) is 13.2 Å². The molecule has 0 radical (unpaired) electrons. The van der Waals surface area contributed by atoms with E-state index in [9.17, 15) is 20.3 Å². The first-order chi connectivity index (χ1) is 16.8. The summed E-state index contributed by atoms with van der Waals surface area (Å²) < 4.78 is 30.3. The molecule has 4 rings (SSSR count). The van der Waals surface area contributed by atoms with Crippen LogP contribution in [0.4, 0.5) is 0 Å². The minimum absolute atomic E-state index is 0.00506. The van der Waals surface area contributed by atoms with Crippen LogP contribution in [-0.4, -0.2) is 70.4 Å². The van der Waals surface area contributed by atoms with Crippen molar-refractivity contribution in [1.29, 1.82) is 0 Å². The Balaban J connectivity index is 1.66. The summed E-state index contributed by atoms with van der Waals surface area (Å²) in [4.78, 5) is 11.5. The van der Waals surface area contributed by atoms with Gasteiger partial charge in [-0.1, -0.05) is 60.7 Å². The third-order valence-electron chi connectivity index (χ3n) is 6.32. The van der Waals surface area contributed by atoms with Gasteiger partial charge in [-0.2, -0.15) is 0 Å². The second kappa shape index (κ2) is 10.7. The van der Waals surface area contributed by atoms with Crippen LogP contribution in [-0.2, 0) is 36.9 Å². The van der Waals surface area contributed by atoms with Crippen LogP contribution >= 0.6 is 0 Å². The third kappa shape index (κ3) is 5.39. The van der Waals surface area contributed by atoms with Crippen LogP contribution in [0, 0.1) is 10.1 Å². The fraction of sp³-hybridized carbons (Fsp3) is 0.520. The lowest BCUT2D eigenvalue weighted by molar-refractivity contribution is -0.595. The Morgan fingerprint density at radius 1 is 1.00 bits per heavy atom. The lowest BCUT2D eigenvalue weighted by atomic mass is 9.87. The Morgan fingerprint density at radius 2 is 1.57 bits per heavy atom. The van der Waals surface area contributed by atoms with E-state index in [4.69, 9.17) is 23.7 Å². The molecule has 0 aromatic heterocycles. The van der Waals surface area contributed by atoms with E-state index in [1.807, 2.05) is 60.7 Å². The predicted molar refractivity (Wildman–Crippen MR) is 123 cm³/mol. The van der Waals surface area contributed by atoms with Gasteiger partial charge in [-0.3, -0.25) is 10.1 Å². The summed E-state index contributed by atoms with van der Waals surface area (Å²) in [5.74, 6) is -0.941. The topological polar surface area (TPSA) is 130 Å². The molecular weight excluding hydrogens is 458 g/mol. The van der Waals surface area contributed by atoms with E-state index in [0.717, 1.165) is 11.1 Å². The summed E-state index contributed by atoms with van der Waals surface area (Å²) in [7, 11) is 0. The van der Waals surface area contributed by atoms with Crippen LogP contribution in [0.3, 0.4) is 0 Å². The smallest absolute Gasteiger partial charge is 0.295 e. The summed E-state index contributed by atoms with van der Waals surface area (Å²) in [5, 5.41) is 32.4. The summed E-state index contributed by atoms with van der Waals surface area (Å²) in [6.07, 6.45) is -4.84. The summed E-state index contributed by atoms with van der Waals surface area (Å²) >= 11 is 0. The molecule has 0 spiro atoms. The molecule has 35 heavy (non-hydrogen) atoms. The van der Waals surface area contributed by atoms with Gasteiger partial charge >= 0.3 is 0 Å². The standard InChI is InChI=1S/C25H31NO9/c1-24(2)34-21-19(31-13-17-9-5-3-6-10-17)20(33-23(21)35-24)22(25(15-27,16-28)26(29)30)32-14-18-11-7-4-8-12-18/h3-12,19-23,27-28H,13-16H2,1-2H3/t19-,20-,21+,22-,23+/m0/s1. The maximum atomic E-state index is 12.2. The quantitative estimate of drug-likeness (QED) is 0.360. The van der Waals surface area contributed by atoms with Crippen molar-refractivity contribution < 1.29 is 38.8 Å². The van der Waals surface area contributed by atoms with E-state index in [0.29, 0.717) is 0 Å². The van der Waals surface area contributed by atoms with Crippen molar-refractivity contribution in [1.82, 2.24) is 0 Å². The zero-order valence-corrected chi connectivity index (χ0v) is 19.7. The van der Waals surface area contributed by atoms with E-state index in [1.165, 1.54) is 0 Å². The van der Waals surface area contributed by atoms with Gasteiger partial charge in [0, 0.05) is 4.92 Å². The number of ether oxygens (including phenoxy) is 5. The molecule has 0 amide bonds. The lowest BCUT2D eigenvalue weighted by Crippen LogP contribution is -2.63. The highest BCUT2D eigenvalue weighted by molar-refractivity contribution is 5.15. The molecule has 2 fully saturated rings. The molecule has 10 nitrogen and oxygen atoms in total. The molecule has 0 aliphatic carbocycles. The van der Waals surface area contributed by atoms with Crippen molar-refractivity contribution in [2.45, 2.75) is 69.1 Å². The highest BCUT2D eigenvalue weighted by Gasteiger charge is 2.64. The number of fused-ring (bicyclic) bond motifs is 1. The van der Waals surface area contributed by atoms with Gasteiger partial charge in [0.05, 0.1) is 13.2 Å². The monoisotopic (exact) mass is 489 g/mol. The van der Waals surface area contributed by atoms with Crippen molar-refractivity contribution in [3.05, 3.63) is 81.9 Å². The summed E-state index contributed by atoms with van der Waals surface area (Å²) in [6.45, 7) is 1.73. The second-order valence-corrected chi connectivity index (χ2v) is 9.22. The molecule has 2 aromatic rings. The molecule has 0 saturated carbocycles. The molecule has 0 unspecified atom stereocenters. The molecule has 190 valence electrons. The lowest BCUT2D eigenvalue weighted by Gasteiger charge is -2.36. The van der Waals surface area contributed by atoms with Crippen LogP contribution in [0.1, 0.15) is 25.0 Å². The minimum atomic E-state index is -2.25. The fourth-order valence-electron chi connectivity index (χ4n) is 4.47. The summed E-state index contributed by atoms with van der Waals surface area (Å²) in [5.41, 5.74) is -0.596. The number of rotatable bonds is 11. The van der Waals surface area contributed by atoms with E-state index in [2.05, 4.69) is 0 Å². The normalized spacial score (nSPS) is 26.4. The van der Waals surface area contributed by atoms with Gasteiger partial charge in [0.1, 0.15) is 31.5 Å². The summed E-state index contributed by atoms with van der Waals surface area (Å²) in [6, 6.07) is 18.5. The van der Waals surface area contributed by atoms with Crippen LogP contribution in [0.2, 0.25) is 0 Å². The average Bonchev–Trinajstić information content (AvgIpc) is 3.33. The fourth-order valence-corrected chi connectivity index (χ4v) is 4.47. The Hall–Kier alpha value is -2.44. The average molecular weight is 490 g/mol. The largest absolute Gasteiger partial charge is 0.389 e. The molecule has 5 atom stereocenters. The number of aliphatic hydroxyl groups excluding tert-OH is 2. The molecule has 2 aromatic carbocycles. The van der Waals surface area contributed by atoms with E-state index in [1.54, 1.807) is 13.8 Å². The number of hydrogen-bond donors (Lipinski definition) is 2. The van der Waals surface area contributed by atoms with Gasteiger partial charge in [0.15, 0.2) is 18.2 Å². The van der Waals surface area contributed by atoms with Crippen molar-refractivity contribution in [2.24, 2.45) is 0 Å². The number of aliphatic hydroxyl groups is 2. The number of nitro groups is 1. The highest BCUT2D eigenvalue weighted by atomic mass is 16.8. The second-order valence-electron chi connectivity index (χ2n) is 9.22. The van der Waals surface area contributed by atoms with Gasteiger partial charge in [-0.05, 0) is 25.0 Å². The minimum Gasteiger partial charge on any atom is -0.389 e. The first-order valence-electron chi connectivity index (χ1n) is 11.5. The molecule has 10 heteroatoms. The van der Waals surface area contributed by atoms with E-state index < -0.39 is 60.2 Å². The Labute approximate surface area is 203 Å². The third-order valence-corrected chi connectivity index (χ3v) is 6.32.